The Hall–Kier alpha value is -2.63. The Labute approximate surface area is 166 Å². The van der Waals surface area contributed by atoms with Crippen molar-refractivity contribution in [1.29, 1.82) is 0 Å². The monoisotopic (exact) mass is 383 g/mol. The smallest absolute Gasteiger partial charge is 0.228 e. The highest BCUT2D eigenvalue weighted by molar-refractivity contribution is 6.00. The number of hydrogen-bond acceptors (Lipinski definition) is 4. The van der Waals surface area contributed by atoms with Crippen LogP contribution in [0.1, 0.15) is 63.0 Å². The Bertz CT molecular complexity index is 839. The number of amides is 2. The van der Waals surface area contributed by atoms with E-state index in [0.717, 1.165) is 17.1 Å². The number of anilines is 1. The molecule has 6 heteroatoms. The van der Waals surface area contributed by atoms with Crippen LogP contribution in [0.3, 0.4) is 0 Å². The number of rotatable bonds is 6. The van der Waals surface area contributed by atoms with Gasteiger partial charge >= 0.3 is 0 Å². The fourth-order valence-electron chi connectivity index (χ4n) is 3.47. The minimum absolute atomic E-state index is 0.00687. The lowest BCUT2D eigenvalue weighted by Gasteiger charge is -2.21. The molecule has 1 aromatic carbocycles. The Morgan fingerprint density at radius 1 is 1.21 bits per heavy atom. The summed E-state index contributed by atoms with van der Waals surface area (Å²) in [5.74, 6) is 1.13. The molecule has 1 fully saturated rings. The van der Waals surface area contributed by atoms with Crippen LogP contribution in [0.2, 0.25) is 0 Å². The number of nitrogens with zero attached hydrogens (tertiary/aromatic N) is 3. The van der Waals surface area contributed by atoms with E-state index in [0.29, 0.717) is 19.0 Å². The number of aromatic nitrogens is 1. The fourth-order valence-corrected chi connectivity index (χ4v) is 3.47. The first-order valence-corrected chi connectivity index (χ1v) is 9.87. The van der Waals surface area contributed by atoms with Crippen molar-refractivity contribution in [3.63, 3.8) is 0 Å². The van der Waals surface area contributed by atoms with E-state index in [4.69, 9.17) is 4.52 Å². The molecule has 0 radical (unpaired) electrons. The summed E-state index contributed by atoms with van der Waals surface area (Å²) in [7, 11) is 1.75. The number of carbonyl (C=O) groups excluding carboxylic acids is 2. The molecule has 2 aromatic rings. The average Bonchev–Trinajstić information content (AvgIpc) is 3.28. The number of hydrogen-bond donors (Lipinski definition) is 0. The van der Waals surface area contributed by atoms with E-state index in [1.807, 2.05) is 44.2 Å². The summed E-state index contributed by atoms with van der Waals surface area (Å²) < 4.78 is 5.30. The SMILES string of the molecule is CC(C)c1ccc(N2C[C@@H](C(=O)N(C)Cc3cc(C(C)C)on3)CC2=O)cc1. The molecule has 1 aromatic heterocycles. The zero-order valence-corrected chi connectivity index (χ0v) is 17.3. The predicted molar refractivity (Wildman–Crippen MR) is 108 cm³/mol. The first-order valence-electron chi connectivity index (χ1n) is 9.87. The van der Waals surface area contributed by atoms with E-state index in [1.54, 1.807) is 16.8 Å². The van der Waals surface area contributed by atoms with Crippen molar-refractivity contribution >= 4 is 17.5 Å². The van der Waals surface area contributed by atoms with Crippen molar-refractivity contribution in [3.05, 3.63) is 47.3 Å². The molecule has 2 amide bonds. The Morgan fingerprint density at radius 2 is 1.89 bits per heavy atom. The van der Waals surface area contributed by atoms with E-state index in [1.165, 1.54) is 5.56 Å². The van der Waals surface area contributed by atoms with Crippen molar-refractivity contribution < 1.29 is 14.1 Å². The first kappa shape index (κ1) is 20.1. The topological polar surface area (TPSA) is 66.7 Å². The molecule has 1 saturated heterocycles. The van der Waals surface area contributed by atoms with Crippen LogP contribution in [0.15, 0.2) is 34.9 Å². The molecule has 1 aliphatic heterocycles. The Kier molecular flexibility index (Phi) is 5.87. The summed E-state index contributed by atoms with van der Waals surface area (Å²) in [5.41, 5.74) is 2.81. The van der Waals surface area contributed by atoms with Crippen LogP contribution in [0, 0.1) is 5.92 Å². The summed E-state index contributed by atoms with van der Waals surface area (Å²) in [5, 5.41) is 4.04. The molecule has 0 N–H and O–H groups in total. The minimum Gasteiger partial charge on any atom is -0.361 e. The highest BCUT2D eigenvalue weighted by Gasteiger charge is 2.36. The van der Waals surface area contributed by atoms with Crippen LogP contribution in [0.25, 0.3) is 0 Å². The van der Waals surface area contributed by atoms with Crippen LogP contribution in [0.4, 0.5) is 5.69 Å². The van der Waals surface area contributed by atoms with Gasteiger partial charge in [-0.25, -0.2) is 0 Å². The molecule has 2 heterocycles. The van der Waals surface area contributed by atoms with Crippen LogP contribution in [-0.4, -0.2) is 35.5 Å². The predicted octanol–water partition coefficient (Wildman–Crippen LogP) is 3.93. The van der Waals surface area contributed by atoms with E-state index in [9.17, 15) is 9.59 Å². The third-order valence-electron chi connectivity index (χ3n) is 5.27. The summed E-state index contributed by atoms with van der Waals surface area (Å²) in [4.78, 5) is 28.7. The molecule has 0 unspecified atom stereocenters. The zero-order chi connectivity index (χ0) is 20.4. The van der Waals surface area contributed by atoms with Crippen molar-refractivity contribution in [2.24, 2.45) is 5.92 Å². The van der Waals surface area contributed by atoms with Crippen LogP contribution < -0.4 is 4.90 Å². The standard InChI is InChI=1S/C22H29N3O3/c1-14(2)16-6-8-19(9-7-16)25-12-17(10-21(25)26)22(27)24(5)13-18-11-20(15(3)4)28-23-18/h6-9,11,14-15,17H,10,12-13H2,1-5H3/t17-/m0/s1. The summed E-state index contributed by atoms with van der Waals surface area (Å²) >= 11 is 0. The quantitative estimate of drug-likeness (QED) is 0.758. The lowest BCUT2D eigenvalue weighted by molar-refractivity contribution is -0.135. The van der Waals surface area contributed by atoms with Gasteiger partial charge in [0.25, 0.3) is 0 Å². The fraction of sp³-hybridized carbons (Fsp3) is 0.500. The molecule has 0 aliphatic carbocycles. The second-order valence-electron chi connectivity index (χ2n) is 8.22. The molecule has 0 bridgehead atoms. The number of carbonyl (C=O) groups is 2. The maximum absolute atomic E-state index is 12.8. The lowest BCUT2D eigenvalue weighted by atomic mass is 10.0. The molecule has 3 rings (SSSR count). The van der Waals surface area contributed by atoms with Crippen molar-refractivity contribution in [2.45, 2.75) is 52.5 Å². The molecule has 1 aliphatic rings. The Balaban J connectivity index is 1.63. The summed E-state index contributed by atoms with van der Waals surface area (Å²) in [6.07, 6.45) is 0.241. The van der Waals surface area contributed by atoms with Gasteiger partial charge in [-0.3, -0.25) is 9.59 Å². The van der Waals surface area contributed by atoms with Gasteiger partial charge in [0, 0.05) is 37.7 Å². The molecule has 0 spiro atoms. The molecule has 6 nitrogen and oxygen atoms in total. The van der Waals surface area contributed by atoms with Crippen LogP contribution in [-0.2, 0) is 16.1 Å². The third-order valence-corrected chi connectivity index (χ3v) is 5.27. The Morgan fingerprint density at radius 3 is 2.46 bits per heavy atom. The van der Waals surface area contributed by atoms with E-state index in [2.05, 4.69) is 19.0 Å². The highest BCUT2D eigenvalue weighted by Crippen LogP contribution is 2.28. The van der Waals surface area contributed by atoms with Gasteiger partial charge in [-0.05, 0) is 23.6 Å². The molecule has 150 valence electrons. The van der Waals surface area contributed by atoms with Gasteiger partial charge in [0.15, 0.2) is 0 Å². The van der Waals surface area contributed by atoms with Crippen LogP contribution >= 0.6 is 0 Å². The molecular formula is C22H29N3O3. The normalized spacial score (nSPS) is 17.0. The first-order chi connectivity index (χ1) is 13.3. The van der Waals surface area contributed by atoms with Crippen molar-refractivity contribution in [2.75, 3.05) is 18.5 Å². The van der Waals surface area contributed by atoms with Gasteiger partial charge in [-0.2, -0.15) is 0 Å². The molecule has 28 heavy (non-hydrogen) atoms. The van der Waals surface area contributed by atoms with Gasteiger partial charge < -0.3 is 14.3 Å². The summed E-state index contributed by atoms with van der Waals surface area (Å²) in [6, 6.07) is 9.91. The second kappa shape index (κ2) is 8.17. The van der Waals surface area contributed by atoms with Gasteiger partial charge in [0.05, 0.1) is 12.5 Å². The van der Waals surface area contributed by atoms with Gasteiger partial charge in [-0.15, -0.1) is 0 Å². The zero-order valence-electron chi connectivity index (χ0n) is 17.3. The summed E-state index contributed by atoms with van der Waals surface area (Å²) in [6.45, 7) is 9.14. The third kappa shape index (κ3) is 4.26. The van der Waals surface area contributed by atoms with Crippen molar-refractivity contribution in [1.82, 2.24) is 10.1 Å². The minimum atomic E-state index is -0.334. The van der Waals surface area contributed by atoms with E-state index in [-0.39, 0.29) is 30.1 Å². The molecule has 0 saturated carbocycles. The van der Waals surface area contributed by atoms with E-state index < -0.39 is 0 Å². The average molecular weight is 383 g/mol. The van der Waals surface area contributed by atoms with Crippen LogP contribution in [0.5, 0.6) is 0 Å². The molecular weight excluding hydrogens is 354 g/mol. The maximum Gasteiger partial charge on any atom is 0.228 e. The largest absolute Gasteiger partial charge is 0.361 e. The lowest BCUT2D eigenvalue weighted by Crippen LogP contribution is -2.34. The maximum atomic E-state index is 12.8. The van der Waals surface area contributed by atoms with Crippen molar-refractivity contribution in [3.8, 4) is 0 Å². The van der Waals surface area contributed by atoms with Gasteiger partial charge in [0.1, 0.15) is 11.5 Å². The van der Waals surface area contributed by atoms with E-state index >= 15 is 0 Å². The highest BCUT2D eigenvalue weighted by atomic mass is 16.5. The second-order valence-corrected chi connectivity index (χ2v) is 8.22. The van der Waals surface area contributed by atoms with Gasteiger partial charge in [-0.1, -0.05) is 45.0 Å². The van der Waals surface area contributed by atoms with Gasteiger partial charge in [0.2, 0.25) is 11.8 Å². The number of benzene rings is 1. The molecule has 1 atom stereocenters.